The number of hydrogen-bond donors (Lipinski definition) is 3. The molecule has 0 bridgehead atoms. The molecule has 11 nitrogen and oxygen atoms in total. The molecule has 236 valence electrons. The van der Waals surface area contributed by atoms with Crippen LogP contribution in [0.4, 0.5) is 19.0 Å². The number of anilines is 1. The Hall–Kier alpha value is -4.06. The normalized spacial score (nSPS) is 25.0. The third kappa shape index (κ3) is 5.99. The van der Waals surface area contributed by atoms with Crippen LogP contribution < -0.4 is 5.32 Å². The van der Waals surface area contributed by atoms with E-state index in [9.17, 15) is 23.5 Å². The Balaban J connectivity index is 0.982. The average Bonchev–Trinajstić information content (AvgIpc) is 3.76. The molecule has 2 saturated heterocycles. The molecule has 1 aliphatic carbocycles. The van der Waals surface area contributed by atoms with Crippen LogP contribution in [0.25, 0.3) is 22.3 Å². The Bertz CT molecular complexity index is 1700. The monoisotopic (exact) mass is 620 g/mol. The number of aromatic amines is 1. The van der Waals surface area contributed by atoms with Crippen LogP contribution in [0.1, 0.15) is 49.8 Å². The number of H-pyrrole nitrogens is 1. The van der Waals surface area contributed by atoms with E-state index in [-0.39, 0.29) is 17.4 Å². The largest absolute Gasteiger partial charge is 0.433 e. The van der Waals surface area contributed by atoms with Crippen LogP contribution in [-0.4, -0.2) is 89.0 Å². The summed E-state index contributed by atoms with van der Waals surface area (Å²) >= 11 is 0. The molecule has 7 rings (SSSR count). The molecular weight excluding hydrogens is 585 g/mol. The molecule has 3 aliphatic rings. The summed E-state index contributed by atoms with van der Waals surface area (Å²) in [5, 5.41) is 28.4. The van der Waals surface area contributed by atoms with Crippen LogP contribution >= 0.6 is 0 Å². The highest BCUT2D eigenvalue weighted by molar-refractivity contribution is 5.90. The fourth-order valence-corrected chi connectivity index (χ4v) is 7.17. The van der Waals surface area contributed by atoms with Crippen molar-refractivity contribution in [2.45, 2.75) is 75.0 Å². The Kier molecular flexibility index (Phi) is 7.71. The highest BCUT2D eigenvalue weighted by Crippen LogP contribution is 2.45. The van der Waals surface area contributed by atoms with Crippen molar-refractivity contribution in [3.8, 4) is 17.3 Å². The second-order valence-electron chi connectivity index (χ2n) is 12.6. The molecule has 4 aromatic heterocycles. The molecule has 0 spiro atoms. The van der Waals surface area contributed by atoms with Crippen molar-refractivity contribution in [3.05, 3.63) is 54.4 Å². The summed E-state index contributed by atoms with van der Waals surface area (Å²) in [5.41, 5.74) is 1.67. The molecule has 3 N–H and O–H groups in total. The maximum absolute atomic E-state index is 13.7. The second kappa shape index (κ2) is 11.7. The summed E-state index contributed by atoms with van der Waals surface area (Å²) in [6, 6.07) is 7.43. The first-order valence-electron chi connectivity index (χ1n) is 15.4. The number of fused-ring (bicyclic) bond motifs is 1. The summed E-state index contributed by atoms with van der Waals surface area (Å²) in [6.45, 7) is 3.07. The molecule has 1 atom stereocenters. The van der Waals surface area contributed by atoms with E-state index >= 15 is 0 Å². The van der Waals surface area contributed by atoms with Gasteiger partial charge in [-0.1, -0.05) is 0 Å². The topological polar surface area (TPSA) is 135 Å². The van der Waals surface area contributed by atoms with Crippen LogP contribution in [0, 0.1) is 11.3 Å². The van der Waals surface area contributed by atoms with Crippen LogP contribution in [0.2, 0.25) is 0 Å². The molecule has 6 heterocycles. The molecule has 4 aromatic rings. The molecule has 2 aliphatic heterocycles. The summed E-state index contributed by atoms with van der Waals surface area (Å²) in [4.78, 5) is 20.1. The van der Waals surface area contributed by atoms with Gasteiger partial charge < -0.3 is 20.3 Å². The van der Waals surface area contributed by atoms with Crippen LogP contribution in [0.3, 0.4) is 0 Å². The minimum absolute atomic E-state index is 0.00874. The Labute approximate surface area is 258 Å². The van der Waals surface area contributed by atoms with Crippen LogP contribution in [-0.2, 0) is 18.3 Å². The number of nitrogens with one attached hydrogen (secondary N) is 2. The molecule has 45 heavy (non-hydrogen) atoms. The van der Waals surface area contributed by atoms with Gasteiger partial charge in [0.1, 0.15) is 23.5 Å². The van der Waals surface area contributed by atoms with Gasteiger partial charge in [0.05, 0.1) is 36.0 Å². The zero-order chi connectivity index (χ0) is 31.2. The van der Waals surface area contributed by atoms with Gasteiger partial charge >= 0.3 is 6.18 Å². The third-order valence-electron chi connectivity index (χ3n) is 9.56. The first-order valence-corrected chi connectivity index (χ1v) is 15.4. The number of aliphatic hydroxyl groups excluding tert-OH is 1. The molecule has 0 radical (unpaired) electrons. The van der Waals surface area contributed by atoms with Gasteiger partial charge in [-0.05, 0) is 55.9 Å². The number of nitriles is 1. The average molecular weight is 621 g/mol. The maximum atomic E-state index is 13.7. The van der Waals surface area contributed by atoms with Crippen molar-refractivity contribution in [1.82, 2.24) is 39.5 Å². The molecule has 3 fully saturated rings. The van der Waals surface area contributed by atoms with Gasteiger partial charge in [0.25, 0.3) is 0 Å². The van der Waals surface area contributed by atoms with Gasteiger partial charge in [0.15, 0.2) is 0 Å². The van der Waals surface area contributed by atoms with E-state index in [1.54, 1.807) is 12.3 Å². The Morgan fingerprint density at radius 1 is 1.13 bits per heavy atom. The number of aliphatic hydroxyl groups is 1. The van der Waals surface area contributed by atoms with E-state index < -0.39 is 18.0 Å². The first kappa shape index (κ1) is 29.6. The summed E-state index contributed by atoms with van der Waals surface area (Å²) in [6.07, 6.45) is 6.27. The van der Waals surface area contributed by atoms with Gasteiger partial charge in [-0.2, -0.15) is 23.5 Å². The number of alkyl halides is 3. The van der Waals surface area contributed by atoms with Gasteiger partial charge in [-0.3, -0.25) is 9.58 Å². The number of pyridine rings is 1. The Morgan fingerprint density at radius 3 is 2.69 bits per heavy atom. The van der Waals surface area contributed by atoms with E-state index in [1.807, 2.05) is 28.0 Å². The molecule has 0 unspecified atom stereocenters. The van der Waals surface area contributed by atoms with Crippen molar-refractivity contribution in [3.63, 3.8) is 0 Å². The molecular formula is C31H35F3N10O. The van der Waals surface area contributed by atoms with Gasteiger partial charge in [-0.25, -0.2) is 15.0 Å². The van der Waals surface area contributed by atoms with Crippen molar-refractivity contribution < 1.29 is 18.3 Å². The fourth-order valence-electron chi connectivity index (χ4n) is 7.17. The highest BCUT2D eigenvalue weighted by Gasteiger charge is 2.49. The number of β-amino-alcohol motifs (C(OH)–C–C–N with tert-alkyl or cyclic N) is 1. The van der Waals surface area contributed by atoms with Crippen LogP contribution in [0.15, 0.2) is 43.1 Å². The van der Waals surface area contributed by atoms with E-state index in [1.165, 1.54) is 6.33 Å². The zero-order valence-electron chi connectivity index (χ0n) is 24.7. The third-order valence-corrected chi connectivity index (χ3v) is 9.56. The van der Waals surface area contributed by atoms with Gasteiger partial charge in [0, 0.05) is 68.2 Å². The lowest BCUT2D eigenvalue weighted by molar-refractivity contribution is -0.141. The van der Waals surface area contributed by atoms with Crippen molar-refractivity contribution in [2.24, 2.45) is 0 Å². The van der Waals surface area contributed by atoms with Crippen molar-refractivity contribution in [1.29, 1.82) is 5.26 Å². The SMILES string of the molecule is N#CC[C@]1(n2cc(-c3ncnc4[nH]ccc34)cn2)C[C@H](N2CCC(Nc3cc(CN4CC[C@H](O)C4)cc(C(F)(F)F)n3)CC2)C1. The smallest absolute Gasteiger partial charge is 0.392 e. The quantitative estimate of drug-likeness (QED) is 0.266. The lowest BCUT2D eigenvalue weighted by Crippen LogP contribution is -2.58. The number of halogens is 3. The summed E-state index contributed by atoms with van der Waals surface area (Å²) in [7, 11) is 0. The number of hydrogen-bond acceptors (Lipinski definition) is 9. The number of rotatable bonds is 8. The molecule has 0 aromatic carbocycles. The van der Waals surface area contributed by atoms with Crippen LogP contribution in [0.5, 0.6) is 0 Å². The molecule has 14 heteroatoms. The molecule has 1 saturated carbocycles. The maximum Gasteiger partial charge on any atom is 0.433 e. The van der Waals surface area contributed by atoms with Gasteiger partial charge in [0.2, 0.25) is 0 Å². The minimum Gasteiger partial charge on any atom is -0.392 e. The predicted octanol–water partition coefficient (Wildman–Crippen LogP) is 4.15. The second-order valence-corrected chi connectivity index (χ2v) is 12.6. The molecule has 0 amide bonds. The minimum atomic E-state index is -4.54. The van der Waals surface area contributed by atoms with Gasteiger partial charge in [-0.15, -0.1) is 0 Å². The standard InChI is InChI=1S/C31H35F3N10O/c32-31(33,34)26-11-20(16-42-8-4-24(45)18-42)12-27(41-26)40-22-2-9-43(10-3-22)23-13-30(14-23,5-6-35)44-17-21(15-39-44)28-25-1-7-36-29(25)38-19-37-28/h1,7,11-12,15,17,19,22-24,45H,2-5,8-10,13-14,16,18H2,(H,40,41)(H,36,37,38)/t23-,24-,30-/m0/s1. The number of nitrogens with zero attached hydrogens (tertiary/aromatic N) is 8. The van der Waals surface area contributed by atoms with Crippen molar-refractivity contribution in [2.75, 3.05) is 31.5 Å². The number of likely N-dealkylation sites (tertiary alicyclic amines) is 2. The fraction of sp³-hybridized carbons (Fsp3) is 0.516. The lowest BCUT2D eigenvalue weighted by atomic mass is 9.69. The number of aromatic nitrogens is 6. The number of piperidine rings is 1. The summed E-state index contributed by atoms with van der Waals surface area (Å²) in [5.74, 6) is 0.241. The van der Waals surface area contributed by atoms with Crippen molar-refractivity contribution >= 4 is 16.9 Å². The zero-order valence-corrected chi connectivity index (χ0v) is 24.7. The summed E-state index contributed by atoms with van der Waals surface area (Å²) < 4.78 is 43.0. The predicted molar refractivity (Wildman–Crippen MR) is 160 cm³/mol. The highest BCUT2D eigenvalue weighted by atomic mass is 19.4. The van der Waals surface area contributed by atoms with E-state index in [0.717, 1.165) is 67.1 Å². The van der Waals surface area contributed by atoms with E-state index in [2.05, 4.69) is 41.3 Å². The lowest BCUT2D eigenvalue weighted by Gasteiger charge is -2.52. The Morgan fingerprint density at radius 2 is 1.96 bits per heavy atom. The van der Waals surface area contributed by atoms with E-state index in [0.29, 0.717) is 44.1 Å². The van der Waals surface area contributed by atoms with E-state index in [4.69, 9.17) is 0 Å². The first-order chi connectivity index (χ1) is 21.7.